The molecule has 3 atom stereocenters. The second-order valence-corrected chi connectivity index (χ2v) is 15.3. The van der Waals surface area contributed by atoms with Gasteiger partial charge in [-0.05, 0) is 98.5 Å². The van der Waals surface area contributed by atoms with E-state index < -0.39 is 12.0 Å². The molecule has 3 saturated heterocycles. The van der Waals surface area contributed by atoms with Crippen LogP contribution in [0.5, 0.6) is 17.2 Å². The first-order chi connectivity index (χ1) is 26.7. The number of hydrogen-bond acceptors (Lipinski definition) is 9. The second kappa shape index (κ2) is 17.9. The van der Waals surface area contributed by atoms with Crippen molar-refractivity contribution in [2.75, 3.05) is 32.8 Å². The lowest BCUT2D eigenvalue weighted by Gasteiger charge is -2.33. The highest BCUT2D eigenvalue weighted by molar-refractivity contribution is 6.32. The van der Waals surface area contributed by atoms with E-state index in [1.54, 1.807) is 18.3 Å². The molecular formula is C44H49ClN4O6. The summed E-state index contributed by atoms with van der Waals surface area (Å²) in [7, 11) is 0. The molecule has 10 nitrogen and oxygen atoms in total. The van der Waals surface area contributed by atoms with Gasteiger partial charge in [0.15, 0.2) is 0 Å². The Morgan fingerprint density at radius 2 is 1.67 bits per heavy atom. The minimum Gasteiger partial charge on any atom is -0.493 e. The number of likely N-dealkylation sites (tertiary alicyclic amines) is 2. The fourth-order valence-corrected chi connectivity index (χ4v) is 8.35. The molecule has 288 valence electrons. The van der Waals surface area contributed by atoms with Gasteiger partial charge in [-0.1, -0.05) is 48.4 Å². The van der Waals surface area contributed by atoms with Crippen molar-refractivity contribution >= 4 is 17.6 Å². The van der Waals surface area contributed by atoms with E-state index in [9.17, 15) is 15.2 Å². The van der Waals surface area contributed by atoms with E-state index in [1.807, 2.05) is 23.1 Å². The average molecular weight is 765 g/mol. The summed E-state index contributed by atoms with van der Waals surface area (Å²) >= 11 is 6.87. The Balaban J connectivity index is 1.05. The van der Waals surface area contributed by atoms with Gasteiger partial charge in [0.05, 0.1) is 29.4 Å². The molecule has 3 aliphatic rings. The summed E-state index contributed by atoms with van der Waals surface area (Å²) in [5, 5.41) is 19.7. The number of rotatable bonds is 15. The third-order valence-corrected chi connectivity index (χ3v) is 11.4. The second-order valence-electron chi connectivity index (χ2n) is 14.9. The number of carbonyl (C=O) groups is 1. The van der Waals surface area contributed by atoms with Gasteiger partial charge in [-0.15, -0.1) is 0 Å². The Morgan fingerprint density at radius 3 is 2.45 bits per heavy atom. The zero-order valence-electron chi connectivity index (χ0n) is 31.6. The molecular weight excluding hydrogens is 716 g/mol. The molecule has 2 bridgehead atoms. The number of benzene rings is 3. The zero-order valence-corrected chi connectivity index (χ0v) is 32.4. The number of halogens is 1. The van der Waals surface area contributed by atoms with Crippen molar-refractivity contribution in [1.82, 2.24) is 14.8 Å². The molecule has 0 spiro atoms. The summed E-state index contributed by atoms with van der Waals surface area (Å²) in [6, 6.07) is 19.3. The normalized spacial score (nSPS) is 19.9. The molecule has 0 saturated carbocycles. The molecule has 55 heavy (non-hydrogen) atoms. The predicted molar refractivity (Wildman–Crippen MR) is 211 cm³/mol. The standard InChI is InChI=1S/C44H49ClN4O6/c1-29-33(8-5-9-37(29)38-10-6-12-41(30(38)2)52-17-7-15-48-25-35-13-14-36(26-48)55-35)28-54-43-20-42(53-27-32-18-31(21-46)22-47-23-32)34(19-39(43)45)24-49-16-4-3-11-40(49)44(50)51/h5-6,8-10,12,18-20,22-23,35-36,40H,3-4,7,11,13-17,24-28H2,1-2H3,(H,50,51)/t35-,36+,40-/m0/s1. The van der Waals surface area contributed by atoms with Gasteiger partial charge >= 0.3 is 5.97 Å². The maximum atomic E-state index is 12.1. The van der Waals surface area contributed by atoms with E-state index in [-0.39, 0.29) is 13.2 Å². The number of morpholine rings is 1. The van der Waals surface area contributed by atoms with E-state index >= 15 is 0 Å². The van der Waals surface area contributed by atoms with E-state index in [4.69, 9.17) is 30.5 Å². The number of pyridine rings is 1. The average Bonchev–Trinajstić information content (AvgIpc) is 3.54. The maximum Gasteiger partial charge on any atom is 0.320 e. The van der Waals surface area contributed by atoms with Crippen molar-refractivity contribution in [1.29, 1.82) is 5.26 Å². The van der Waals surface area contributed by atoms with Crippen LogP contribution in [-0.4, -0.2) is 76.9 Å². The minimum atomic E-state index is -0.828. The number of piperidine rings is 1. The van der Waals surface area contributed by atoms with Crippen LogP contribution < -0.4 is 14.2 Å². The number of nitriles is 1. The zero-order chi connectivity index (χ0) is 38.3. The summed E-state index contributed by atoms with van der Waals surface area (Å²) in [5.41, 5.74) is 7.39. The molecule has 4 aromatic rings. The van der Waals surface area contributed by atoms with Crippen LogP contribution in [0, 0.1) is 25.2 Å². The van der Waals surface area contributed by atoms with E-state index in [2.05, 4.69) is 54.1 Å². The lowest BCUT2D eigenvalue weighted by Crippen LogP contribution is -2.44. The van der Waals surface area contributed by atoms with Crippen LogP contribution in [0.2, 0.25) is 5.02 Å². The molecule has 1 aromatic heterocycles. The van der Waals surface area contributed by atoms with Crippen LogP contribution in [-0.2, 0) is 29.3 Å². The molecule has 7 rings (SSSR count). The quantitative estimate of drug-likeness (QED) is 0.119. The van der Waals surface area contributed by atoms with Gasteiger partial charge in [0.1, 0.15) is 42.6 Å². The molecule has 0 amide bonds. The SMILES string of the molecule is Cc1c(COc2cc(OCc3cncc(C#N)c3)c(CN3CCCC[C@H]3C(=O)O)cc2Cl)cccc1-c1cccc(OCCCN2C[C@H]3CC[C@@H](C2)O3)c1C. The van der Waals surface area contributed by atoms with Gasteiger partial charge in [0, 0.05) is 55.8 Å². The van der Waals surface area contributed by atoms with Crippen molar-refractivity contribution in [2.24, 2.45) is 0 Å². The van der Waals surface area contributed by atoms with Crippen LogP contribution in [0.15, 0.2) is 67.0 Å². The van der Waals surface area contributed by atoms with Crippen molar-refractivity contribution < 1.29 is 28.8 Å². The lowest BCUT2D eigenvalue weighted by molar-refractivity contribution is -0.144. The first-order valence-corrected chi connectivity index (χ1v) is 19.7. The molecule has 3 aromatic carbocycles. The number of carboxylic acids is 1. The maximum absolute atomic E-state index is 12.1. The highest BCUT2D eigenvalue weighted by Crippen LogP contribution is 2.37. The van der Waals surface area contributed by atoms with Crippen molar-refractivity contribution in [2.45, 2.75) is 90.4 Å². The van der Waals surface area contributed by atoms with Gasteiger partial charge in [-0.2, -0.15) is 5.26 Å². The van der Waals surface area contributed by atoms with Gasteiger partial charge in [-0.25, -0.2) is 0 Å². The molecule has 11 heteroatoms. The highest BCUT2D eigenvalue weighted by atomic mass is 35.5. The Morgan fingerprint density at radius 1 is 0.909 bits per heavy atom. The van der Waals surface area contributed by atoms with Gasteiger partial charge in [0.25, 0.3) is 0 Å². The number of aliphatic carboxylic acids is 1. The Kier molecular flexibility index (Phi) is 12.5. The first-order valence-electron chi connectivity index (χ1n) is 19.3. The largest absolute Gasteiger partial charge is 0.493 e. The number of aromatic nitrogens is 1. The summed E-state index contributed by atoms with van der Waals surface area (Å²) in [6.07, 6.45) is 9.71. The highest BCUT2D eigenvalue weighted by Gasteiger charge is 2.33. The van der Waals surface area contributed by atoms with Crippen LogP contribution in [0.1, 0.15) is 71.9 Å². The van der Waals surface area contributed by atoms with E-state index in [0.29, 0.717) is 60.4 Å². The molecule has 4 heterocycles. The molecule has 0 radical (unpaired) electrons. The summed E-state index contributed by atoms with van der Waals surface area (Å²) in [4.78, 5) is 20.7. The first kappa shape index (κ1) is 38.6. The van der Waals surface area contributed by atoms with Gasteiger partial charge in [-0.3, -0.25) is 19.6 Å². The summed E-state index contributed by atoms with van der Waals surface area (Å²) in [6.45, 7) is 9.44. The predicted octanol–water partition coefficient (Wildman–Crippen LogP) is 8.12. The monoisotopic (exact) mass is 764 g/mol. The van der Waals surface area contributed by atoms with Gasteiger partial charge < -0.3 is 24.1 Å². The molecule has 3 aliphatic heterocycles. The van der Waals surface area contributed by atoms with Crippen LogP contribution in [0.3, 0.4) is 0 Å². The minimum absolute atomic E-state index is 0.164. The number of hydrogen-bond donors (Lipinski definition) is 1. The van der Waals surface area contributed by atoms with Crippen molar-refractivity contribution in [3.8, 4) is 34.4 Å². The Hall–Kier alpha value is -4.66. The number of nitrogens with zero attached hydrogens (tertiary/aromatic N) is 4. The van der Waals surface area contributed by atoms with E-state index in [0.717, 1.165) is 83.6 Å². The third-order valence-electron chi connectivity index (χ3n) is 11.1. The lowest BCUT2D eigenvalue weighted by atomic mass is 9.93. The van der Waals surface area contributed by atoms with Crippen LogP contribution in [0.25, 0.3) is 11.1 Å². The smallest absolute Gasteiger partial charge is 0.320 e. The van der Waals surface area contributed by atoms with Crippen LogP contribution in [0.4, 0.5) is 0 Å². The molecule has 3 fully saturated rings. The fraction of sp³-hybridized carbons (Fsp3) is 0.432. The topological polar surface area (TPSA) is 117 Å². The summed E-state index contributed by atoms with van der Waals surface area (Å²) in [5.74, 6) is 1.06. The molecule has 0 unspecified atom stereocenters. The Labute approximate surface area is 328 Å². The van der Waals surface area contributed by atoms with Crippen molar-refractivity contribution in [3.05, 3.63) is 105 Å². The third kappa shape index (κ3) is 9.42. The fourth-order valence-electron chi connectivity index (χ4n) is 8.11. The molecule has 1 N–H and O–H groups in total. The van der Waals surface area contributed by atoms with Crippen LogP contribution >= 0.6 is 11.6 Å². The van der Waals surface area contributed by atoms with Crippen molar-refractivity contribution in [3.63, 3.8) is 0 Å². The number of fused-ring (bicyclic) bond motifs is 2. The number of ether oxygens (including phenoxy) is 4. The summed E-state index contributed by atoms with van der Waals surface area (Å²) < 4.78 is 25.1. The molecule has 0 aliphatic carbocycles. The Bertz CT molecular complexity index is 2020. The number of carboxylic acid groups (broad SMARTS) is 1. The van der Waals surface area contributed by atoms with Gasteiger partial charge in [0.2, 0.25) is 0 Å². The van der Waals surface area contributed by atoms with E-state index in [1.165, 1.54) is 19.0 Å².